The molecule has 0 bridgehead atoms. The zero-order chi connectivity index (χ0) is 19.3. The lowest BCUT2D eigenvalue weighted by atomic mass is 10.0. The molecule has 3 heteroatoms. The summed E-state index contributed by atoms with van der Waals surface area (Å²) in [6.07, 6.45) is 12.3. The smallest absolute Gasteiger partial charge is 0.343 e. The summed E-state index contributed by atoms with van der Waals surface area (Å²) in [6.45, 7) is 2.25. The van der Waals surface area contributed by atoms with Crippen LogP contribution in [0.1, 0.15) is 84.6 Å². The monoisotopic (exact) mass is 366 g/mol. The van der Waals surface area contributed by atoms with E-state index in [0.717, 1.165) is 12.7 Å². The Kier molecular flexibility index (Phi) is 9.33. The van der Waals surface area contributed by atoms with Crippen LogP contribution in [0.15, 0.2) is 48.5 Å². The van der Waals surface area contributed by atoms with Crippen LogP contribution in [-0.4, -0.2) is 12.3 Å². The molecule has 0 heterocycles. The Morgan fingerprint density at radius 3 is 2.00 bits per heavy atom. The molecule has 0 saturated heterocycles. The summed E-state index contributed by atoms with van der Waals surface area (Å²) in [5.74, 6) is 0.0566. The molecule has 0 N–H and O–H groups in total. The summed E-state index contributed by atoms with van der Waals surface area (Å²) in [6, 6.07) is 14.2. The average molecular weight is 367 g/mol. The maximum Gasteiger partial charge on any atom is 0.343 e. The maximum atomic E-state index is 12.2. The third-order valence-electron chi connectivity index (χ3n) is 4.74. The van der Waals surface area contributed by atoms with E-state index in [1.165, 1.54) is 56.9 Å². The van der Waals surface area contributed by atoms with E-state index in [-0.39, 0.29) is 5.97 Å². The number of benzene rings is 2. The third-order valence-corrected chi connectivity index (χ3v) is 4.74. The molecule has 0 aliphatic heterocycles. The maximum absolute atomic E-state index is 12.2. The molecule has 2 aromatic carbocycles. The summed E-state index contributed by atoms with van der Waals surface area (Å²) in [5.41, 5.74) is 2.35. The minimum Gasteiger partial charge on any atom is -0.423 e. The molecule has 2 rings (SSSR count). The second-order valence-corrected chi connectivity index (χ2v) is 7.00. The van der Waals surface area contributed by atoms with Crippen molar-refractivity contribution < 1.29 is 14.3 Å². The minimum atomic E-state index is -0.382. The van der Waals surface area contributed by atoms with Crippen molar-refractivity contribution in [3.05, 3.63) is 65.2 Å². The van der Waals surface area contributed by atoms with E-state index < -0.39 is 0 Å². The summed E-state index contributed by atoms with van der Waals surface area (Å²) < 4.78 is 5.34. The van der Waals surface area contributed by atoms with Gasteiger partial charge in [-0.2, -0.15) is 0 Å². The van der Waals surface area contributed by atoms with Gasteiger partial charge >= 0.3 is 5.97 Å². The van der Waals surface area contributed by atoms with Crippen LogP contribution in [-0.2, 0) is 6.42 Å². The SMILES string of the molecule is CCCCCCCCCCc1ccc(C(=O)Oc2ccc(C=O)cc2)cc1. The van der Waals surface area contributed by atoms with Gasteiger partial charge in [-0.25, -0.2) is 4.79 Å². The van der Waals surface area contributed by atoms with Crippen LogP contribution >= 0.6 is 0 Å². The lowest BCUT2D eigenvalue weighted by molar-refractivity contribution is 0.0734. The number of rotatable bonds is 12. The standard InChI is InChI=1S/C24H30O3/c1-2-3-4-5-6-7-8-9-10-20-11-15-22(16-12-20)24(26)27-23-17-13-21(19-25)14-18-23/h11-19H,2-10H2,1H3. The highest BCUT2D eigenvalue weighted by molar-refractivity contribution is 5.91. The molecule has 0 spiro atoms. The first-order valence-electron chi connectivity index (χ1n) is 10.1. The highest BCUT2D eigenvalue weighted by Gasteiger charge is 2.08. The van der Waals surface area contributed by atoms with Crippen molar-refractivity contribution in [1.82, 2.24) is 0 Å². The molecule has 0 saturated carbocycles. The highest BCUT2D eigenvalue weighted by atomic mass is 16.5. The molecule has 2 aromatic rings. The van der Waals surface area contributed by atoms with Crippen molar-refractivity contribution in [2.45, 2.75) is 64.7 Å². The predicted octanol–water partition coefficient (Wildman–Crippen LogP) is 6.40. The van der Waals surface area contributed by atoms with Gasteiger partial charge in [-0.3, -0.25) is 4.79 Å². The zero-order valence-electron chi connectivity index (χ0n) is 16.3. The van der Waals surface area contributed by atoms with Gasteiger partial charge in [0.05, 0.1) is 5.56 Å². The number of aldehydes is 1. The molecule has 0 radical (unpaired) electrons. The number of carbonyl (C=O) groups is 2. The number of hydrogen-bond acceptors (Lipinski definition) is 3. The summed E-state index contributed by atoms with van der Waals surface area (Å²) >= 11 is 0. The van der Waals surface area contributed by atoms with Gasteiger partial charge in [0.15, 0.2) is 0 Å². The van der Waals surface area contributed by atoms with E-state index in [9.17, 15) is 9.59 Å². The number of unbranched alkanes of at least 4 members (excludes halogenated alkanes) is 7. The van der Waals surface area contributed by atoms with E-state index in [1.807, 2.05) is 24.3 Å². The number of aryl methyl sites for hydroxylation is 1. The molecule has 0 aliphatic carbocycles. The van der Waals surface area contributed by atoms with Gasteiger partial charge in [-0.15, -0.1) is 0 Å². The van der Waals surface area contributed by atoms with Gasteiger partial charge in [0.2, 0.25) is 0 Å². The minimum absolute atomic E-state index is 0.382. The highest BCUT2D eigenvalue weighted by Crippen LogP contribution is 2.15. The van der Waals surface area contributed by atoms with Crippen molar-refractivity contribution in [1.29, 1.82) is 0 Å². The van der Waals surface area contributed by atoms with Crippen LogP contribution in [0.2, 0.25) is 0 Å². The average Bonchev–Trinajstić information content (AvgIpc) is 2.71. The molecule has 0 aromatic heterocycles. The first-order chi connectivity index (χ1) is 13.2. The van der Waals surface area contributed by atoms with Gasteiger partial charge in [-0.1, -0.05) is 64.0 Å². The Hall–Kier alpha value is -2.42. The number of carbonyl (C=O) groups excluding carboxylic acids is 2. The molecule has 0 fully saturated rings. The first-order valence-corrected chi connectivity index (χ1v) is 10.1. The van der Waals surface area contributed by atoms with E-state index in [0.29, 0.717) is 16.9 Å². The topological polar surface area (TPSA) is 43.4 Å². The summed E-state index contributed by atoms with van der Waals surface area (Å²) in [5, 5.41) is 0. The number of esters is 1. The molecule has 3 nitrogen and oxygen atoms in total. The second kappa shape index (κ2) is 12.1. The van der Waals surface area contributed by atoms with Crippen LogP contribution < -0.4 is 4.74 Å². The van der Waals surface area contributed by atoms with Crippen LogP contribution in [0, 0.1) is 0 Å². The van der Waals surface area contributed by atoms with Gasteiger partial charge in [0.1, 0.15) is 12.0 Å². The van der Waals surface area contributed by atoms with Gasteiger partial charge in [0, 0.05) is 5.56 Å². The van der Waals surface area contributed by atoms with Gasteiger partial charge < -0.3 is 4.74 Å². The van der Waals surface area contributed by atoms with Crippen LogP contribution in [0.3, 0.4) is 0 Å². The third kappa shape index (κ3) is 7.78. The molecule has 0 unspecified atom stereocenters. The van der Waals surface area contributed by atoms with E-state index in [4.69, 9.17) is 4.74 Å². The molecule has 144 valence electrons. The first kappa shape index (κ1) is 20.9. The van der Waals surface area contributed by atoms with E-state index >= 15 is 0 Å². The van der Waals surface area contributed by atoms with Crippen molar-refractivity contribution in [2.24, 2.45) is 0 Å². The van der Waals surface area contributed by atoms with Crippen LogP contribution in [0.4, 0.5) is 0 Å². The van der Waals surface area contributed by atoms with Crippen LogP contribution in [0.5, 0.6) is 5.75 Å². The molecular weight excluding hydrogens is 336 g/mol. The quantitative estimate of drug-likeness (QED) is 0.189. The van der Waals surface area contributed by atoms with Crippen molar-refractivity contribution >= 4 is 12.3 Å². The van der Waals surface area contributed by atoms with Crippen molar-refractivity contribution in [3.63, 3.8) is 0 Å². The lowest BCUT2D eigenvalue weighted by Crippen LogP contribution is -2.08. The Morgan fingerprint density at radius 2 is 1.41 bits per heavy atom. The molecular formula is C24H30O3. The van der Waals surface area contributed by atoms with Gasteiger partial charge in [-0.05, 0) is 54.8 Å². The summed E-state index contributed by atoms with van der Waals surface area (Å²) in [7, 11) is 0. The van der Waals surface area contributed by atoms with Crippen molar-refractivity contribution in [2.75, 3.05) is 0 Å². The zero-order valence-corrected chi connectivity index (χ0v) is 16.3. The second-order valence-electron chi connectivity index (χ2n) is 7.00. The fraction of sp³-hybridized carbons (Fsp3) is 0.417. The Bertz CT molecular complexity index is 687. The molecule has 0 amide bonds. The Morgan fingerprint density at radius 1 is 0.815 bits per heavy atom. The Balaban J connectivity index is 1.70. The number of hydrogen-bond donors (Lipinski definition) is 0. The fourth-order valence-electron chi connectivity index (χ4n) is 3.05. The van der Waals surface area contributed by atoms with Crippen LogP contribution in [0.25, 0.3) is 0 Å². The van der Waals surface area contributed by atoms with E-state index in [2.05, 4.69) is 6.92 Å². The number of ether oxygens (including phenoxy) is 1. The lowest BCUT2D eigenvalue weighted by Gasteiger charge is -2.06. The van der Waals surface area contributed by atoms with Gasteiger partial charge in [0.25, 0.3) is 0 Å². The molecule has 0 aliphatic rings. The predicted molar refractivity (Wildman–Crippen MR) is 110 cm³/mol. The van der Waals surface area contributed by atoms with E-state index in [1.54, 1.807) is 24.3 Å². The largest absolute Gasteiger partial charge is 0.423 e. The fourth-order valence-corrected chi connectivity index (χ4v) is 3.05. The Labute approximate surface area is 162 Å². The van der Waals surface area contributed by atoms with Crippen molar-refractivity contribution in [3.8, 4) is 5.75 Å². The molecule has 0 atom stereocenters. The summed E-state index contributed by atoms with van der Waals surface area (Å²) in [4.78, 5) is 22.8. The normalized spacial score (nSPS) is 10.6. The molecule has 27 heavy (non-hydrogen) atoms.